The molecule has 2 aromatic heterocycles. The van der Waals surface area contributed by atoms with Gasteiger partial charge in [-0.2, -0.15) is 4.37 Å². The van der Waals surface area contributed by atoms with E-state index in [0.29, 0.717) is 40.4 Å². The average molecular weight is 555 g/mol. The topological polar surface area (TPSA) is 94.1 Å². The van der Waals surface area contributed by atoms with Gasteiger partial charge in [-0.1, -0.05) is 60.1 Å². The predicted octanol–water partition coefficient (Wildman–Crippen LogP) is 4.77. The summed E-state index contributed by atoms with van der Waals surface area (Å²) in [7, 11) is 0. The molecule has 0 fully saturated rings. The second-order valence-corrected chi connectivity index (χ2v) is 10.4. The second-order valence-electron chi connectivity index (χ2n) is 8.78. The molecule has 0 aliphatic rings. The monoisotopic (exact) mass is 553 g/mol. The zero-order valence-electron chi connectivity index (χ0n) is 19.9. The first-order valence-corrected chi connectivity index (χ1v) is 13.1. The fraction of sp³-hybridized carbons (Fsp3) is 0.308. The van der Waals surface area contributed by atoms with Gasteiger partial charge in [0.2, 0.25) is 0 Å². The lowest BCUT2D eigenvalue weighted by molar-refractivity contribution is 0.0612. The number of carbonyl (C=O) groups is 1. The van der Waals surface area contributed by atoms with Crippen molar-refractivity contribution in [3.8, 4) is 0 Å². The Morgan fingerprint density at radius 2 is 1.83 bits per heavy atom. The number of carbonyl (C=O) groups excluding carboxylic acids is 1. The van der Waals surface area contributed by atoms with Crippen LogP contribution in [0, 0.1) is 12.8 Å². The molecule has 0 saturated heterocycles. The van der Waals surface area contributed by atoms with Gasteiger partial charge in [-0.15, -0.1) is 0 Å². The van der Waals surface area contributed by atoms with Crippen molar-refractivity contribution in [2.24, 2.45) is 11.7 Å². The first kappa shape index (κ1) is 25.2. The quantitative estimate of drug-likeness (QED) is 0.339. The Balaban J connectivity index is 1.91. The fourth-order valence-corrected chi connectivity index (χ4v) is 5.33. The largest absolute Gasteiger partial charge is 0.329 e. The Bertz CT molecular complexity index is 1380. The van der Waals surface area contributed by atoms with Crippen LogP contribution in [0.15, 0.2) is 63.9 Å². The molecule has 0 aliphatic carbocycles. The number of aromatic nitrogens is 3. The third-order valence-corrected chi connectivity index (χ3v) is 7.30. The summed E-state index contributed by atoms with van der Waals surface area (Å²) in [6, 6.07) is 16.6. The van der Waals surface area contributed by atoms with Crippen molar-refractivity contribution in [3.63, 3.8) is 0 Å². The lowest BCUT2D eigenvalue weighted by Gasteiger charge is -2.35. The maximum atomic E-state index is 13.8. The lowest BCUT2D eigenvalue weighted by atomic mass is 9.99. The van der Waals surface area contributed by atoms with Crippen molar-refractivity contribution >= 4 is 43.6 Å². The molecule has 0 bridgehead atoms. The van der Waals surface area contributed by atoms with Crippen molar-refractivity contribution in [1.29, 1.82) is 0 Å². The van der Waals surface area contributed by atoms with Crippen LogP contribution in [-0.4, -0.2) is 37.8 Å². The van der Waals surface area contributed by atoms with E-state index in [-0.39, 0.29) is 23.9 Å². The number of amides is 1. The van der Waals surface area contributed by atoms with Gasteiger partial charge in [-0.25, -0.2) is 4.98 Å². The van der Waals surface area contributed by atoms with Crippen LogP contribution in [-0.2, 0) is 6.54 Å². The summed E-state index contributed by atoms with van der Waals surface area (Å²) in [6.07, 6.45) is 0. The summed E-state index contributed by atoms with van der Waals surface area (Å²) in [4.78, 5) is 34.8. The maximum Gasteiger partial charge on any atom is 0.264 e. The number of rotatable bonds is 8. The molecule has 1 atom stereocenters. The van der Waals surface area contributed by atoms with Crippen LogP contribution in [0.2, 0.25) is 0 Å². The highest BCUT2D eigenvalue weighted by Gasteiger charge is 2.33. The van der Waals surface area contributed by atoms with Crippen LogP contribution in [0.25, 0.3) is 10.2 Å². The van der Waals surface area contributed by atoms with Crippen molar-refractivity contribution < 1.29 is 4.79 Å². The zero-order valence-corrected chi connectivity index (χ0v) is 22.3. The number of benzene rings is 2. The van der Waals surface area contributed by atoms with Gasteiger partial charge in [0.05, 0.1) is 23.7 Å². The van der Waals surface area contributed by atoms with Gasteiger partial charge in [-0.3, -0.25) is 14.2 Å². The van der Waals surface area contributed by atoms with Crippen LogP contribution in [0.5, 0.6) is 0 Å². The molecule has 4 aromatic rings. The molecule has 0 unspecified atom stereocenters. The minimum Gasteiger partial charge on any atom is -0.329 e. The first-order chi connectivity index (χ1) is 16.8. The second kappa shape index (κ2) is 10.8. The van der Waals surface area contributed by atoms with E-state index in [9.17, 15) is 9.59 Å². The van der Waals surface area contributed by atoms with E-state index in [1.54, 1.807) is 21.6 Å². The molecule has 0 spiro atoms. The van der Waals surface area contributed by atoms with Crippen molar-refractivity contribution in [2.45, 2.75) is 33.4 Å². The molecule has 1 amide bonds. The van der Waals surface area contributed by atoms with Gasteiger partial charge in [0.25, 0.3) is 11.5 Å². The number of nitrogens with two attached hydrogens (primary N) is 1. The Kier molecular flexibility index (Phi) is 7.78. The van der Waals surface area contributed by atoms with Crippen LogP contribution >= 0.6 is 27.5 Å². The van der Waals surface area contributed by atoms with Gasteiger partial charge in [-0.05, 0) is 54.2 Å². The molecule has 182 valence electrons. The van der Waals surface area contributed by atoms with Gasteiger partial charge in [0.1, 0.15) is 5.82 Å². The highest BCUT2D eigenvalue weighted by molar-refractivity contribution is 9.10. The molecule has 0 saturated carbocycles. The standard InChI is InChI=1S/C26H28BrN5O2S/c1-16(2)22(31(14-13-28)25(33)19-9-11-20(27)12-10-19)23-29-24-21(17(3)30-35-24)26(34)32(23)15-18-7-5-4-6-8-18/h4-12,16,22H,13-15,28H2,1-3H3/t22-/m1/s1. The van der Waals surface area contributed by atoms with Crippen LogP contribution in [0.3, 0.4) is 0 Å². The Hall–Kier alpha value is -2.88. The summed E-state index contributed by atoms with van der Waals surface area (Å²) >= 11 is 4.64. The van der Waals surface area contributed by atoms with Gasteiger partial charge in [0.15, 0.2) is 4.83 Å². The third-order valence-electron chi connectivity index (χ3n) is 5.93. The summed E-state index contributed by atoms with van der Waals surface area (Å²) < 4.78 is 6.97. The van der Waals surface area contributed by atoms with Gasteiger partial charge < -0.3 is 10.6 Å². The molecular formula is C26H28BrN5O2S. The Morgan fingerprint density at radius 1 is 1.14 bits per heavy atom. The van der Waals surface area contributed by atoms with Gasteiger partial charge >= 0.3 is 0 Å². The molecule has 0 aliphatic heterocycles. The van der Waals surface area contributed by atoms with Crippen LogP contribution in [0.4, 0.5) is 0 Å². The molecule has 9 heteroatoms. The van der Waals surface area contributed by atoms with E-state index < -0.39 is 6.04 Å². The molecule has 35 heavy (non-hydrogen) atoms. The minimum atomic E-state index is -0.460. The van der Waals surface area contributed by atoms with E-state index in [2.05, 4.69) is 20.3 Å². The van der Waals surface area contributed by atoms with Crippen molar-refractivity contribution in [1.82, 2.24) is 18.8 Å². The van der Waals surface area contributed by atoms with Crippen LogP contribution < -0.4 is 11.3 Å². The zero-order chi connectivity index (χ0) is 25.1. The number of aryl methyl sites for hydroxylation is 1. The average Bonchev–Trinajstić information content (AvgIpc) is 3.22. The smallest absolute Gasteiger partial charge is 0.264 e. The third kappa shape index (κ3) is 5.22. The maximum absolute atomic E-state index is 13.8. The van der Waals surface area contributed by atoms with E-state index in [0.717, 1.165) is 10.0 Å². The molecule has 2 aromatic carbocycles. The summed E-state index contributed by atoms with van der Waals surface area (Å²) in [5.41, 5.74) is 8.03. The summed E-state index contributed by atoms with van der Waals surface area (Å²) in [5.74, 6) is 0.369. The van der Waals surface area contributed by atoms with E-state index in [4.69, 9.17) is 10.7 Å². The Morgan fingerprint density at radius 3 is 2.46 bits per heavy atom. The normalized spacial score (nSPS) is 12.3. The van der Waals surface area contributed by atoms with E-state index in [1.165, 1.54) is 11.5 Å². The molecule has 7 nitrogen and oxygen atoms in total. The number of hydrogen-bond donors (Lipinski definition) is 1. The molecule has 2 heterocycles. The van der Waals surface area contributed by atoms with Gasteiger partial charge in [0, 0.05) is 23.1 Å². The molecule has 4 rings (SSSR count). The van der Waals surface area contributed by atoms with Crippen LogP contribution in [0.1, 0.15) is 47.3 Å². The van der Waals surface area contributed by atoms with Crippen molar-refractivity contribution in [3.05, 3.63) is 92.1 Å². The summed E-state index contributed by atoms with van der Waals surface area (Å²) in [6.45, 7) is 6.86. The molecule has 0 radical (unpaired) electrons. The van der Waals surface area contributed by atoms with E-state index in [1.807, 2.05) is 63.2 Å². The number of nitrogens with zero attached hydrogens (tertiary/aromatic N) is 4. The predicted molar refractivity (Wildman–Crippen MR) is 144 cm³/mol. The van der Waals surface area contributed by atoms with E-state index >= 15 is 0 Å². The molecular weight excluding hydrogens is 526 g/mol. The first-order valence-electron chi connectivity index (χ1n) is 11.5. The lowest BCUT2D eigenvalue weighted by Crippen LogP contribution is -2.43. The number of halogens is 1. The minimum absolute atomic E-state index is 0.0265. The van der Waals surface area contributed by atoms with Crippen molar-refractivity contribution in [2.75, 3.05) is 13.1 Å². The fourth-order valence-electron chi connectivity index (χ4n) is 4.29. The molecule has 2 N–H and O–H groups in total. The highest BCUT2D eigenvalue weighted by atomic mass is 79.9. The number of fused-ring (bicyclic) bond motifs is 1. The summed E-state index contributed by atoms with van der Waals surface area (Å²) in [5, 5.41) is 0.529. The number of hydrogen-bond acceptors (Lipinski definition) is 6. The SMILES string of the molecule is Cc1nsc2nc([C@@H](C(C)C)N(CCN)C(=O)c3ccc(Br)cc3)n(Cc3ccccc3)c(=O)c12. The Labute approximate surface area is 216 Å². The highest BCUT2D eigenvalue weighted by Crippen LogP contribution is 2.31.